The first-order valence-corrected chi connectivity index (χ1v) is 12.5. The lowest BCUT2D eigenvalue weighted by Crippen LogP contribution is -2.52. The number of nitrogens with two attached hydrogens (primary N) is 1. The van der Waals surface area contributed by atoms with Crippen LogP contribution in [0.3, 0.4) is 0 Å². The molecule has 38 heavy (non-hydrogen) atoms. The third kappa shape index (κ3) is 5.81. The second kappa shape index (κ2) is 11.2. The van der Waals surface area contributed by atoms with Gasteiger partial charge in [-0.2, -0.15) is 13.2 Å². The maximum atomic E-state index is 13.7. The summed E-state index contributed by atoms with van der Waals surface area (Å²) in [4.78, 5) is 45.4. The van der Waals surface area contributed by atoms with Crippen molar-refractivity contribution in [3.8, 4) is 5.75 Å². The summed E-state index contributed by atoms with van der Waals surface area (Å²) in [6.07, 6.45) is -7.29. The van der Waals surface area contributed by atoms with Gasteiger partial charge in [0.05, 0.1) is 17.9 Å². The molecule has 2 aliphatic rings. The largest absolute Gasteiger partial charge is 0.490 e. The molecular formula is C27H29F3N4O4. The molecule has 11 heteroatoms. The van der Waals surface area contributed by atoms with E-state index in [9.17, 15) is 27.6 Å². The number of primary amides is 1. The highest BCUT2D eigenvalue weighted by atomic mass is 19.4. The van der Waals surface area contributed by atoms with Gasteiger partial charge in [0.2, 0.25) is 18.0 Å². The minimum absolute atomic E-state index is 0.140. The predicted octanol–water partition coefficient (Wildman–Crippen LogP) is 3.57. The molecule has 0 fully saturated rings. The van der Waals surface area contributed by atoms with Crippen LogP contribution in [-0.4, -0.2) is 48.9 Å². The van der Waals surface area contributed by atoms with Crippen molar-refractivity contribution in [2.24, 2.45) is 22.6 Å². The molecule has 2 heterocycles. The SMILES string of the molecule is CCC[C@@H](C(N)=O)[C@H](CCC(F)(F)F)C(=O)N[C@H]1N=C(c2ccccc2)c2cccc3c2N(CCO3)C1=O. The number of rotatable bonds is 9. The summed E-state index contributed by atoms with van der Waals surface area (Å²) in [6, 6.07) is 14.3. The number of amides is 3. The second-order valence-electron chi connectivity index (χ2n) is 9.30. The van der Waals surface area contributed by atoms with Crippen LogP contribution in [-0.2, 0) is 14.4 Å². The number of carbonyl (C=O) groups excluding carboxylic acids is 3. The third-order valence-electron chi connectivity index (χ3n) is 6.71. The van der Waals surface area contributed by atoms with E-state index >= 15 is 0 Å². The number of alkyl halides is 3. The van der Waals surface area contributed by atoms with Crippen LogP contribution in [0.5, 0.6) is 5.75 Å². The van der Waals surface area contributed by atoms with Gasteiger partial charge in [-0.25, -0.2) is 4.99 Å². The molecule has 0 unspecified atom stereocenters. The summed E-state index contributed by atoms with van der Waals surface area (Å²) in [6.45, 7) is 2.16. The lowest BCUT2D eigenvalue weighted by atomic mass is 9.83. The average molecular weight is 531 g/mol. The van der Waals surface area contributed by atoms with Gasteiger partial charge in [0.15, 0.2) is 0 Å². The molecule has 2 aliphatic heterocycles. The Kier molecular flexibility index (Phi) is 8.03. The van der Waals surface area contributed by atoms with Crippen molar-refractivity contribution in [2.45, 2.75) is 44.9 Å². The van der Waals surface area contributed by atoms with Gasteiger partial charge in [-0.1, -0.05) is 55.8 Å². The Morgan fingerprint density at radius 3 is 2.53 bits per heavy atom. The van der Waals surface area contributed by atoms with Gasteiger partial charge in [0.1, 0.15) is 12.4 Å². The zero-order valence-electron chi connectivity index (χ0n) is 20.8. The number of ether oxygens (including phenoxy) is 1. The molecule has 0 bridgehead atoms. The Labute approximate surface area is 218 Å². The third-order valence-corrected chi connectivity index (χ3v) is 6.71. The van der Waals surface area contributed by atoms with Crippen molar-refractivity contribution in [1.82, 2.24) is 5.32 Å². The molecule has 0 aromatic heterocycles. The number of hydrogen-bond donors (Lipinski definition) is 2. The average Bonchev–Trinajstić information content (AvgIpc) is 3.00. The highest BCUT2D eigenvalue weighted by molar-refractivity contribution is 6.21. The number of para-hydroxylation sites is 1. The summed E-state index contributed by atoms with van der Waals surface area (Å²) < 4.78 is 45.0. The van der Waals surface area contributed by atoms with Crippen LogP contribution in [0.2, 0.25) is 0 Å². The fourth-order valence-corrected chi connectivity index (χ4v) is 4.94. The lowest BCUT2D eigenvalue weighted by molar-refractivity contribution is -0.146. The Hall–Kier alpha value is -3.89. The first kappa shape index (κ1) is 27.2. The first-order valence-electron chi connectivity index (χ1n) is 12.5. The summed E-state index contributed by atoms with van der Waals surface area (Å²) in [5.74, 6) is -4.30. The highest BCUT2D eigenvalue weighted by Gasteiger charge is 2.40. The molecule has 0 spiro atoms. The summed E-state index contributed by atoms with van der Waals surface area (Å²) in [7, 11) is 0. The van der Waals surface area contributed by atoms with Crippen LogP contribution in [0, 0.1) is 11.8 Å². The molecule has 8 nitrogen and oxygen atoms in total. The molecule has 2 aromatic rings. The summed E-state index contributed by atoms with van der Waals surface area (Å²) >= 11 is 0. The number of nitrogens with zero attached hydrogens (tertiary/aromatic N) is 2. The molecule has 0 aliphatic carbocycles. The van der Waals surface area contributed by atoms with Crippen LogP contribution in [0.25, 0.3) is 0 Å². The minimum atomic E-state index is -4.53. The van der Waals surface area contributed by atoms with Crippen molar-refractivity contribution in [2.75, 3.05) is 18.1 Å². The maximum absolute atomic E-state index is 13.7. The van der Waals surface area contributed by atoms with Gasteiger partial charge in [-0.05, 0) is 18.9 Å². The molecule has 0 radical (unpaired) electrons. The fraction of sp³-hybridized carbons (Fsp3) is 0.407. The summed E-state index contributed by atoms with van der Waals surface area (Å²) in [5, 5.41) is 2.55. The maximum Gasteiger partial charge on any atom is 0.389 e. The molecule has 0 saturated carbocycles. The van der Waals surface area contributed by atoms with Crippen LogP contribution < -0.4 is 20.7 Å². The van der Waals surface area contributed by atoms with E-state index in [4.69, 9.17) is 10.5 Å². The van der Waals surface area contributed by atoms with E-state index in [0.29, 0.717) is 34.7 Å². The van der Waals surface area contributed by atoms with E-state index < -0.39 is 54.7 Å². The van der Waals surface area contributed by atoms with Gasteiger partial charge in [-0.3, -0.25) is 14.4 Å². The molecule has 3 amide bonds. The van der Waals surface area contributed by atoms with Crippen molar-refractivity contribution in [1.29, 1.82) is 0 Å². The smallest absolute Gasteiger partial charge is 0.389 e. The Morgan fingerprint density at radius 1 is 1.13 bits per heavy atom. The standard InChI is InChI=1S/C27H29F3N4O4/c1-2-7-17(23(31)35)18(12-13-27(28,29)30)25(36)33-24-26(37)34-14-15-38-20-11-6-10-19(22(20)34)21(32-24)16-8-4-3-5-9-16/h3-6,8-11,17-18,24H,2,7,12-15H2,1H3,(H2,31,35)(H,33,36)/t17-,18+,24-/m1/s1. The van der Waals surface area contributed by atoms with Crippen molar-refractivity contribution >= 4 is 29.1 Å². The van der Waals surface area contributed by atoms with Crippen LogP contribution >= 0.6 is 0 Å². The van der Waals surface area contributed by atoms with Gasteiger partial charge in [0.25, 0.3) is 5.91 Å². The van der Waals surface area contributed by atoms with Crippen LogP contribution in [0.4, 0.5) is 18.9 Å². The number of aliphatic imine (C=N–C) groups is 1. The van der Waals surface area contributed by atoms with Crippen molar-refractivity contribution in [3.05, 3.63) is 59.7 Å². The van der Waals surface area contributed by atoms with Gasteiger partial charge in [-0.15, -0.1) is 0 Å². The molecule has 0 saturated heterocycles. The van der Waals surface area contributed by atoms with Crippen molar-refractivity contribution < 1.29 is 32.3 Å². The van der Waals surface area contributed by atoms with E-state index in [1.165, 1.54) is 4.90 Å². The zero-order valence-corrected chi connectivity index (χ0v) is 20.8. The molecule has 3 N–H and O–H groups in total. The Bertz CT molecular complexity index is 1230. The molecule has 202 valence electrons. The predicted molar refractivity (Wildman–Crippen MR) is 135 cm³/mol. The normalized spacial score (nSPS) is 18.4. The van der Waals surface area contributed by atoms with Crippen LogP contribution in [0.15, 0.2) is 53.5 Å². The Morgan fingerprint density at radius 2 is 1.87 bits per heavy atom. The number of carbonyl (C=O) groups is 3. The topological polar surface area (TPSA) is 114 Å². The van der Waals surface area contributed by atoms with E-state index in [1.807, 2.05) is 6.07 Å². The molecular weight excluding hydrogens is 501 g/mol. The second-order valence-corrected chi connectivity index (χ2v) is 9.30. The van der Waals surface area contributed by atoms with E-state index in [-0.39, 0.29) is 19.6 Å². The number of halogens is 3. The molecule has 3 atom stereocenters. The zero-order chi connectivity index (χ0) is 27.4. The van der Waals surface area contributed by atoms with E-state index in [1.54, 1.807) is 49.4 Å². The van der Waals surface area contributed by atoms with Crippen molar-refractivity contribution in [3.63, 3.8) is 0 Å². The van der Waals surface area contributed by atoms with Gasteiger partial charge >= 0.3 is 6.18 Å². The van der Waals surface area contributed by atoms with Crippen LogP contribution in [0.1, 0.15) is 43.7 Å². The van der Waals surface area contributed by atoms with Gasteiger partial charge < -0.3 is 20.7 Å². The fourth-order valence-electron chi connectivity index (χ4n) is 4.94. The van der Waals surface area contributed by atoms with Gasteiger partial charge in [0, 0.05) is 29.4 Å². The summed E-state index contributed by atoms with van der Waals surface area (Å²) in [5.41, 5.74) is 7.72. The first-order chi connectivity index (χ1) is 18.1. The number of nitrogens with one attached hydrogen (secondary N) is 1. The monoisotopic (exact) mass is 530 g/mol. The number of hydrogen-bond acceptors (Lipinski definition) is 5. The Balaban J connectivity index is 1.74. The van der Waals surface area contributed by atoms with E-state index in [2.05, 4.69) is 10.3 Å². The number of anilines is 1. The number of benzene rings is 2. The molecule has 2 aromatic carbocycles. The lowest BCUT2D eigenvalue weighted by Gasteiger charge is -2.31. The minimum Gasteiger partial charge on any atom is -0.490 e. The van der Waals surface area contributed by atoms with E-state index in [0.717, 1.165) is 0 Å². The molecule has 4 rings (SSSR count). The quantitative estimate of drug-likeness (QED) is 0.516. The highest BCUT2D eigenvalue weighted by Crippen LogP contribution is 2.39.